The third kappa shape index (κ3) is 4.74. The van der Waals surface area contributed by atoms with Crippen LogP contribution in [0.15, 0.2) is 36.4 Å². The zero-order valence-electron chi connectivity index (χ0n) is 17.9. The predicted molar refractivity (Wildman–Crippen MR) is 124 cm³/mol. The highest BCUT2D eigenvalue weighted by Crippen LogP contribution is 2.26. The van der Waals surface area contributed by atoms with E-state index in [1.165, 1.54) is 0 Å². The molecule has 2 aromatic carbocycles. The number of rotatable bonds is 3. The van der Waals surface area contributed by atoms with Crippen LogP contribution in [-0.2, 0) is 13.0 Å². The lowest BCUT2D eigenvalue weighted by atomic mass is 9.96. The lowest BCUT2D eigenvalue weighted by molar-refractivity contribution is 0.0594. The minimum absolute atomic E-state index is 0.0626. The van der Waals surface area contributed by atoms with Crippen molar-refractivity contribution in [1.29, 1.82) is 0 Å². The van der Waals surface area contributed by atoms with Crippen molar-refractivity contribution in [2.45, 2.75) is 32.9 Å². The summed E-state index contributed by atoms with van der Waals surface area (Å²) >= 11 is 12.0. The van der Waals surface area contributed by atoms with Crippen LogP contribution in [0.1, 0.15) is 45.7 Å². The van der Waals surface area contributed by atoms with Gasteiger partial charge in [0.15, 0.2) is 0 Å². The second kappa shape index (κ2) is 9.19. The third-order valence-corrected chi connectivity index (χ3v) is 6.99. The normalized spacial score (nSPS) is 17.1. The number of hydrogen-bond donors (Lipinski definition) is 0. The Hall–Kier alpha value is -2.08. The summed E-state index contributed by atoms with van der Waals surface area (Å²) in [5.74, 6) is 0.0351. The molecule has 164 valence electrons. The molecule has 0 spiro atoms. The van der Waals surface area contributed by atoms with Gasteiger partial charge in [-0.15, -0.1) is 0 Å². The molecule has 2 aromatic rings. The largest absolute Gasteiger partial charge is 0.336 e. The van der Waals surface area contributed by atoms with Crippen LogP contribution in [0, 0.1) is 0 Å². The van der Waals surface area contributed by atoms with Crippen molar-refractivity contribution in [3.8, 4) is 0 Å². The Morgan fingerprint density at radius 2 is 1.42 bits per heavy atom. The van der Waals surface area contributed by atoms with Crippen molar-refractivity contribution in [3.05, 3.63) is 68.7 Å². The zero-order chi connectivity index (χ0) is 22.1. The second-order valence-corrected chi connectivity index (χ2v) is 9.33. The number of hydrogen-bond acceptors (Lipinski definition) is 3. The van der Waals surface area contributed by atoms with Crippen LogP contribution in [0.4, 0.5) is 0 Å². The molecule has 0 saturated carbocycles. The first kappa shape index (κ1) is 22.1. The lowest BCUT2D eigenvalue weighted by Crippen LogP contribution is -2.50. The maximum atomic E-state index is 13.0. The molecule has 0 aliphatic carbocycles. The van der Waals surface area contributed by atoms with E-state index in [0.29, 0.717) is 34.7 Å². The zero-order valence-corrected chi connectivity index (χ0v) is 19.4. The number of halogens is 2. The Morgan fingerprint density at radius 3 is 2.10 bits per heavy atom. The van der Waals surface area contributed by atoms with E-state index >= 15 is 0 Å². The smallest absolute Gasteiger partial charge is 0.254 e. The molecule has 2 heterocycles. The molecule has 0 atom stereocenters. The first-order chi connectivity index (χ1) is 14.8. The van der Waals surface area contributed by atoms with Crippen molar-refractivity contribution in [2.24, 2.45) is 0 Å². The molecule has 0 aromatic heterocycles. The summed E-state index contributed by atoms with van der Waals surface area (Å²) in [5.41, 5.74) is 3.50. The van der Waals surface area contributed by atoms with Crippen LogP contribution in [-0.4, -0.2) is 65.3 Å². The molecule has 2 aliphatic rings. The van der Waals surface area contributed by atoms with Crippen LogP contribution >= 0.6 is 23.2 Å². The molecular weight excluding hydrogens is 433 g/mol. The minimum Gasteiger partial charge on any atom is -0.336 e. The Morgan fingerprint density at radius 1 is 0.774 bits per heavy atom. The summed E-state index contributed by atoms with van der Waals surface area (Å²) in [6.07, 6.45) is 0.727. The van der Waals surface area contributed by atoms with E-state index in [9.17, 15) is 9.59 Å². The molecular formula is C24H27Cl2N3O2. The summed E-state index contributed by atoms with van der Waals surface area (Å²) in [4.78, 5) is 32.0. The fraction of sp³-hybridized carbons (Fsp3) is 0.417. The summed E-state index contributed by atoms with van der Waals surface area (Å²) in [6.45, 7) is 8.88. The van der Waals surface area contributed by atoms with Crippen molar-refractivity contribution in [2.75, 3.05) is 32.7 Å². The average Bonchev–Trinajstić information content (AvgIpc) is 2.79. The van der Waals surface area contributed by atoms with Gasteiger partial charge in [-0.3, -0.25) is 14.5 Å². The van der Waals surface area contributed by atoms with E-state index in [-0.39, 0.29) is 11.8 Å². The third-order valence-electron chi connectivity index (χ3n) is 6.25. The van der Waals surface area contributed by atoms with E-state index in [1.807, 2.05) is 28.0 Å². The standard InChI is InChI=1S/C24H27Cl2N3O2/c1-16(2)27-9-11-28(12-10-27)23(30)18-3-4-20-15-29(8-7-17(20)13-18)24(31)19-5-6-21(25)22(26)14-19/h3-6,13-14,16H,7-12,15H2,1-2H3. The highest BCUT2D eigenvalue weighted by atomic mass is 35.5. The second-order valence-electron chi connectivity index (χ2n) is 8.51. The van der Waals surface area contributed by atoms with Gasteiger partial charge in [-0.1, -0.05) is 29.3 Å². The molecule has 1 saturated heterocycles. The summed E-state index contributed by atoms with van der Waals surface area (Å²) in [7, 11) is 0. The van der Waals surface area contributed by atoms with Crippen LogP contribution < -0.4 is 0 Å². The number of benzene rings is 2. The van der Waals surface area contributed by atoms with Crippen LogP contribution in [0.25, 0.3) is 0 Å². The van der Waals surface area contributed by atoms with Gasteiger partial charge in [0.25, 0.3) is 11.8 Å². The van der Waals surface area contributed by atoms with Gasteiger partial charge in [0.1, 0.15) is 0 Å². The highest BCUT2D eigenvalue weighted by Gasteiger charge is 2.26. The number of carbonyl (C=O) groups excluding carboxylic acids is 2. The van der Waals surface area contributed by atoms with E-state index in [4.69, 9.17) is 23.2 Å². The number of piperazine rings is 1. The molecule has 7 heteroatoms. The monoisotopic (exact) mass is 459 g/mol. The highest BCUT2D eigenvalue weighted by molar-refractivity contribution is 6.42. The Kier molecular flexibility index (Phi) is 6.56. The van der Waals surface area contributed by atoms with Crippen LogP contribution in [0.3, 0.4) is 0 Å². The Labute approximate surface area is 193 Å². The van der Waals surface area contributed by atoms with Gasteiger partial charge in [-0.05, 0) is 61.7 Å². The van der Waals surface area contributed by atoms with Crippen molar-refractivity contribution in [1.82, 2.24) is 14.7 Å². The van der Waals surface area contributed by atoms with Gasteiger partial charge >= 0.3 is 0 Å². The van der Waals surface area contributed by atoms with E-state index in [0.717, 1.165) is 49.3 Å². The van der Waals surface area contributed by atoms with Crippen LogP contribution in [0.5, 0.6) is 0 Å². The maximum Gasteiger partial charge on any atom is 0.254 e. The molecule has 0 unspecified atom stereocenters. The van der Waals surface area contributed by atoms with E-state index in [1.54, 1.807) is 18.2 Å². The SMILES string of the molecule is CC(C)N1CCN(C(=O)c2ccc3c(c2)CCN(C(=O)c2ccc(Cl)c(Cl)c2)C3)CC1. The molecule has 31 heavy (non-hydrogen) atoms. The number of fused-ring (bicyclic) bond motifs is 1. The van der Waals surface area contributed by atoms with Gasteiger partial charge in [0, 0.05) is 56.4 Å². The Bertz CT molecular complexity index is 1000. The number of carbonyl (C=O) groups is 2. The number of amides is 2. The first-order valence-electron chi connectivity index (χ1n) is 10.7. The van der Waals surface area contributed by atoms with E-state index < -0.39 is 0 Å². The lowest BCUT2D eigenvalue weighted by Gasteiger charge is -2.37. The summed E-state index contributed by atoms with van der Waals surface area (Å²) < 4.78 is 0. The quantitative estimate of drug-likeness (QED) is 0.684. The van der Waals surface area contributed by atoms with Gasteiger partial charge in [0.2, 0.25) is 0 Å². The predicted octanol–water partition coefficient (Wildman–Crippen LogP) is 4.36. The molecule has 4 rings (SSSR count). The van der Waals surface area contributed by atoms with Gasteiger partial charge < -0.3 is 9.80 Å². The van der Waals surface area contributed by atoms with Gasteiger partial charge in [0.05, 0.1) is 10.0 Å². The Balaban J connectivity index is 1.43. The molecule has 5 nitrogen and oxygen atoms in total. The van der Waals surface area contributed by atoms with Crippen molar-refractivity contribution in [3.63, 3.8) is 0 Å². The van der Waals surface area contributed by atoms with Crippen molar-refractivity contribution >= 4 is 35.0 Å². The van der Waals surface area contributed by atoms with Gasteiger partial charge in [-0.25, -0.2) is 0 Å². The fourth-order valence-electron chi connectivity index (χ4n) is 4.30. The molecule has 0 radical (unpaired) electrons. The van der Waals surface area contributed by atoms with Crippen molar-refractivity contribution < 1.29 is 9.59 Å². The molecule has 2 amide bonds. The minimum atomic E-state index is -0.0626. The van der Waals surface area contributed by atoms with Crippen LogP contribution in [0.2, 0.25) is 10.0 Å². The first-order valence-corrected chi connectivity index (χ1v) is 11.5. The summed E-state index contributed by atoms with van der Waals surface area (Å²) in [6, 6.07) is 11.4. The van der Waals surface area contributed by atoms with Gasteiger partial charge in [-0.2, -0.15) is 0 Å². The fourth-order valence-corrected chi connectivity index (χ4v) is 4.59. The number of nitrogens with zero attached hydrogens (tertiary/aromatic N) is 3. The summed E-state index contributed by atoms with van der Waals surface area (Å²) in [5, 5.41) is 0.812. The molecule has 2 aliphatic heterocycles. The average molecular weight is 460 g/mol. The topological polar surface area (TPSA) is 43.9 Å². The van der Waals surface area contributed by atoms with E-state index in [2.05, 4.69) is 18.7 Å². The maximum absolute atomic E-state index is 13.0. The molecule has 0 N–H and O–H groups in total. The molecule has 1 fully saturated rings. The molecule has 0 bridgehead atoms.